The molecule has 1 fully saturated rings. The summed E-state index contributed by atoms with van der Waals surface area (Å²) < 4.78 is 19.6. The zero-order chi connectivity index (χ0) is 18.7. The Bertz CT molecular complexity index is 884. The standard InChI is InChI=1S/C18H16ClFN4O2/c1-2-26-14-6-5-12(20)15(16(14)19)11-8-13(11)23-18(25)24-17-10(9-21)4-3-7-22-17/h3-7,11,13H,2,8H2,1H3,(H2,22,23,24,25). The van der Waals surface area contributed by atoms with E-state index in [1.807, 2.05) is 13.0 Å². The first kappa shape index (κ1) is 18.0. The van der Waals surface area contributed by atoms with Crippen molar-refractivity contribution >= 4 is 23.4 Å². The first-order valence-electron chi connectivity index (χ1n) is 8.08. The van der Waals surface area contributed by atoms with Gasteiger partial charge in [0.15, 0.2) is 5.82 Å². The van der Waals surface area contributed by atoms with Crippen LogP contribution in [0.2, 0.25) is 5.02 Å². The van der Waals surface area contributed by atoms with Crippen molar-refractivity contribution in [3.63, 3.8) is 0 Å². The Balaban J connectivity index is 1.67. The summed E-state index contributed by atoms with van der Waals surface area (Å²) in [6.45, 7) is 2.24. The molecule has 0 bridgehead atoms. The lowest BCUT2D eigenvalue weighted by Gasteiger charge is -2.12. The van der Waals surface area contributed by atoms with Gasteiger partial charge in [-0.05, 0) is 37.6 Å². The highest BCUT2D eigenvalue weighted by Gasteiger charge is 2.43. The number of rotatable bonds is 5. The van der Waals surface area contributed by atoms with Gasteiger partial charge in [-0.25, -0.2) is 14.2 Å². The fourth-order valence-corrected chi connectivity index (χ4v) is 3.08. The fraction of sp³-hybridized carbons (Fsp3) is 0.278. The van der Waals surface area contributed by atoms with Crippen molar-refractivity contribution in [3.05, 3.63) is 52.4 Å². The molecule has 6 nitrogen and oxygen atoms in total. The van der Waals surface area contributed by atoms with Crippen LogP contribution in [-0.2, 0) is 0 Å². The van der Waals surface area contributed by atoms with Gasteiger partial charge in [0.25, 0.3) is 0 Å². The van der Waals surface area contributed by atoms with Gasteiger partial charge in [-0.3, -0.25) is 5.32 Å². The minimum Gasteiger partial charge on any atom is -0.492 e. The maximum absolute atomic E-state index is 14.2. The average Bonchev–Trinajstić information content (AvgIpc) is 3.36. The van der Waals surface area contributed by atoms with E-state index in [-0.39, 0.29) is 28.4 Å². The zero-order valence-electron chi connectivity index (χ0n) is 13.9. The summed E-state index contributed by atoms with van der Waals surface area (Å²) in [5, 5.41) is 14.5. The molecule has 1 heterocycles. The van der Waals surface area contributed by atoms with Crippen LogP contribution in [0.5, 0.6) is 5.75 Å². The number of amides is 2. The molecule has 134 valence electrons. The SMILES string of the molecule is CCOc1ccc(F)c(C2CC2NC(=O)Nc2ncccc2C#N)c1Cl. The van der Waals surface area contributed by atoms with Crippen LogP contribution in [0.3, 0.4) is 0 Å². The van der Waals surface area contributed by atoms with Crippen molar-refractivity contribution in [3.8, 4) is 11.8 Å². The van der Waals surface area contributed by atoms with Crippen molar-refractivity contribution in [2.24, 2.45) is 0 Å². The maximum atomic E-state index is 14.2. The van der Waals surface area contributed by atoms with E-state index >= 15 is 0 Å². The lowest BCUT2D eigenvalue weighted by atomic mass is 10.1. The second-order valence-corrected chi connectivity index (χ2v) is 6.14. The van der Waals surface area contributed by atoms with E-state index in [1.54, 1.807) is 12.1 Å². The van der Waals surface area contributed by atoms with Crippen molar-refractivity contribution in [1.29, 1.82) is 5.26 Å². The first-order chi connectivity index (χ1) is 12.5. The third-order valence-corrected chi connectivity index (χ3v) is 4.42. The average molecular weight is 375 g/mol. The smallest absolute Gasteiger partial charge is 0.320 e. The van der Waals surface area contributed by atoms with E-state index in [0.717, 1.165) is 0 Å². The highest BCUT2D eigenvalue weighted by atomic mass is 35.5. The number of pyridine rings is 1. The van der Waals surface area contributed by atoms with Crippen molar-refractivity contribution in [2.75, 3.05) is 11.9 Å². The summed E-state index contributed by atoms with van der Waals surface area (Å²) in [5.74, 6) is -0.0578. The Labute approximate surface area is 154 Å². The van der Waals surface area contributed by atoms with Crippen molar-refractivity contribution in [1.82, 2.24) is 10.3 Å². The zero-order valence-corrected chi connectivity index (χ0v) is 14.7. The number of benzene rings is 1. The predicted molar refractivity (Wildman–Crippen MR) is 94.8 cm³/mol. The summed E-state index contributed by atoms with van der Waals surface area (Å²) in [6, 6.07) is 7.15. The van der Waals surface area contributed by atoms with Crippen LogP contribution in [0.4, 0.5) is 15.0 Å². The normalized spacial score (nSPS) is 17.9. The van der Waals surface area contributed by atoms with Crippen LogP contribution in [0, 0.1) is 17.1 Å². The molecule has 1 aliphatic rings. The number of ether oxygens (including phenoxy) is 1. The maximum Gasteiger partial charge on any atom is 0.320 e. The molecule has 1 aromatic heterocycles. The van der Waals surface area contributed by atoms with E-state index < -0.39 is 11.8 Å². The quantitative estimate of drug-likeness (QED) is 0.832. The monoisotopic (exact) mass is 374 g/mol. The number of carbonyl (C=O) groups excluding carboxylic acids is 1. The Morgan fingerprint density at radius 3 is 3.04 bits per heavy atom. The number of nitriles is 1. The van der Waals surface area contributed by atoms with E-state index in [9.17, 15) is 9.18 Å². The summed E-state index contributed by atoms with van der Waals surface area (Å²) in [6.07, 6.45) is 2.04. The highest BCUT2D eigenvalue weighted by molar-refractivity contribution is 6.33. The predicted octanol–water partition coefficient (Wildman–Crippen LogP) is 3.82. The Morgan fingerprint density at radius 1 is 1.50 bits per heavy atom. The third-order valence-electron chi connectivity index (χ3n) is 4.03. The van der Waals surface area contributed by atoms with Gasteiger partial charge in [0.05, 0.1) is 17.2 Å². The molecule has 2 amide bonds. The molecule has 2 N–H and O–H groups in total. The van der Waals surface area contributed by atoms with Gasteiger partial charge < -0.3 is 10.1 Å². The second-order valence-electron chi connectivity index (χ2n) is 5.76. The Morgan fingerprint density at radius 2 is 2.31 bits per heavy atom. The number of carbonyl (C=O) groups is 1. The van der Waals surface area contributed by atoms with Crippen LogP contribution < -0.4 is 15.4 Å². The van der Waals surface area contributed by atoms with E-state index in [2.05, 4.69) is 15.6 Å². The minimum atomic E-state index is -0.509. The molecule has 0 saturated heterocycles. The summed E-state index contributed by atoms with van der Waals surface area (Å²) in [5.41, 5.74) is 0.604. The van der Waals surface area contributed by atoms with Gasteiger partial charge in [-0.1, -0.05) is 11.6 Å². The van der Waals surface area contributed by atoms with Crippen molar-refractivity contribution < 1.29 is 13.9 Å². The van der Waals surface area contributed by atoms with E-state index in [4.69, 9.17) is 21.6 Å². The number of halogens is 2. The van der Waals surface area contributed by atoms with Gasteiger partial charge in [-0.2, -0.15) is 5.26 Å². The fourth-order valence-electron chi connectivity index (χ4n) is 2.74. The lowest BCUT2D eigenvalue weighted by molar-refractivity contribution is 0.251. The second kappa shape index (κ2) is 7.58. The number of hydrogen-bond donors (Lipinski definition) is 2. The van der Waals surface area contributed by atoms with Gasteiger partial charge in [0.1, 0.15) is 17.6 Å². The summed E-state index contributed by atoms with van der Waals surface area (Å²) >= 11 is 6.26. The molecule has 1 aliphatic carbocycles. The number of urea groups is 1. The van der Waals surface area contributed by atoms with Gasteiger partial charge in [0.2, 0.25) is 0 Å². The summed E-state index contributed by atoms with van der Waals surface area (Å²) in [7, 11) is 0. The van der Waals surface area contributed by atoms with Crippen LogP contribution >= 0.6 is 11.6 Å². The molecular weight excluding hydrogens is 359 g/mol. The third kappa shape index (κ3) is 3.70. The summed E-state index contributed by atoms with van der Waals surface area (Å²) in [4.78, 5) is 16.1. The number of anilines is 1. The molecule has 8 heteroatoms. The molecule has 0 aliphatic heterocycles. The molecule has 1 saturated carbocycles. The van der Waals surface area contributed by atoms with Crippen LogP contribution in [-0.4, -0.2) is 23.7 Å². The first-order valence-corrected chi connectivity index (χ1v) is 8.46. The topological polar surface area (TPSA) is 87.0 Å². The van der Waals surface area contributed by atoms with Gasteiger partial charge in [0, 0.05) is 23.7 Å². The van der Waals surface area contributed by atoms with Gasteiger partial charge >= 0.3 is 6.03 Å². The van der Waals surface area contributed by atoms with Crippen LogP contribution in [0.1, 0.15) is 30.4 Å². The van der Waals surface area contributed by atoms with Crippen molar-refractivity contribution in [2.45, 2.75) is 25.3 Å². The number of hydrogen-bond acceptors (Lipinski definition) is 4. The molecular formula is C18H16ClFN4O2. The Hall–Kier alpha value is -2.85. The molecule has 1 aromatic carbocycles. The molecule has 3 rings (SSSR count). The molecule has 2 atom stereocenters. The molecule has 0 radical (unpaired) electrons. The van der Waals surface area contributed by atoms with Gasteiger partial charge in [-0.15, -0.1) is 0 Å². The van der Waals surface area contributed by atoms with Crippen LogP contribution in [0.25, 0.3) is 0 Å². The Kier molecular flexibility index (Phi) is 5.24. The molecule has 0 spiro atoms. The van der Waals surface area contributed by atoms with Crippen LogP contribution in [0.15, 0.2) is 30.5 Å². The van der Waals surface area contributed by atoms with E-state index in [1.165, 1.54) is 18.3 Å². The number of aromatic nitrogens is 1. The molecule has 2 aromatic rings. The highest BCUT2D eigenvalue weighted by Crippen LogP contribution is 2.47. The molecule has 26 heavy (non-hydrogen) atoms. The number of nitrogens with one attached hydrogen (secondary N) is 2. The largest absolute Gasteiger partial charge is 0.492 e. The lowest BCUT2D eigenvalue weighted by Crippen LogP contribution is -2.32. The number of nitrogens with zero attached hydrogens (tertiary/aromatic N) is 2. The van der Waals surface area contributed by atoms with E-state index in [0.29, 0.717) is 24.3 Å². The molecule has 2 unspecified atom stereocenters. The minimum absolute atomic E-state index is 0.173.